The Kier molecular flexibility index (Phi) is 2.83. The van der Waals surface area contributed by atoms with Crippen LogP contribution in [0, 0.1) is 0 Å². The SMILES string of the molecule is O=c1[nH][nH]c(-c2ccccn2)c1C=C1C=Nc2ccccc21. The van der Waals surface area contributed by atoms with E-state index in [1.165, 1.54) is 0 Å². The van der Waals surface area contributed by atoms with Crippen molar-refractivity contribution in [2.24, 2.45) is 4.99 Å². The third-order valence-corrected chi connectivity index (χ3v) is 3.59. The lowest BCUT2D eigenvalue weighted by molar-refractivity contribution is 1.05. The van der Waals surface area contributed by atoms with Gasteiger partial charge >= 0.3 is 0 Å². The molecule has 1 aliphatic heterocycles. The van der Waals surface area contributed by atoms with Gasteiger partial charge in [-0.1, -0.05) is 24.3 Å². The molecule has 1 aliphatic rings. The lowest BCUT2D eigenvalue weighted by Crippen LogP contribution is -2.02. The zero-order valence-electron chi connectivity index (χ0n) is 11.6. The standard InChI is InChI=1S/C17H12N4O/c22-17-13(16(20-21-17)15-7-3-4-8-18-15)9-11-10-19-14-6-2-1-5-12(11)14/h1-10H,(H2,20,21,22). The predicted molar refractivity (Wildman–Crippen MR) is 87.1 cm³/mol. The van der Waals surface area contributed by atoms with Gasteiger partial charge in [-0.25, -0.2) is 0 Å². The van der Waals surface area contributed by atoms with E-state index in [0.29, 0.717) is 11.3 Å². The molecule has 22 heavy (non-hydrogen) atoms. The number of allylic oxidation sites excluding steroid dienone is 1. The van der Waals surface area contributed by atoms with Gasteiger partial charge in [-0.3, -0.25) is 25.0 Å². The first-order valence-electron chi connectivity index (χ1n) is 6.90. The summed E-state index contributed by atoms with van der Waals surface area (Å²) in [5.41, 5.74) is 4.63. The molecule has 0 unspecified atom stereocenters. The van der Waals surface area contributed by atoms with E-state index in [0.717, 1.165) is 22.5 Å². The number of aromatic nitrogens is 3. The van der Waals surface area contributed by atoms with Gasteiger partial charge in [0.2, 0.25) is 0 Å². The highest BCUT2D eigenvalue weighted by molar-refractivity contribution is 6.21. The second-order valence-electron chi connectivity index (χ2n) is 4.96. The Morgan fingerprint density at radius 3 is 2.73 bits per heavy atom. The maximum atomic E-state index is 12.1. The van der Waals surface area contributed by atoms with Crippen LogP contribution >= 0.6 is 0 Å². The number of aromatic amines is 2. The minimum Gasteiger partial charge on any atom is -0.295 e. The van der Waals surface area contributed by atoms with Crippen LogP contribution in [0.1, 0.15) is 11.1 Å². The fourth-order valence-corrected chi connectivity index (χ4v) is 2.53. The van der Waals surface area contributed by atoms with E-state index in [9.17, 15) is 4.79 Å². The summed E-state index contributed by atoms with van der Waals surface area (Å²) < 4.78 is 0. The molecule has 3 heterocycles. The van der Waals surface area contributed by atoms with Crippen LogP contribution in [-0.2, 0) is 0 Å². The summed E-state index contributed by atoms with van der Waals surface area (Å²) in [6.45, 7) is 0. The highest BCUT2D eigenvalue weighted by atomic mass is 16.1. The van der Waals surface area contributed by atoms with Gasteiger partial charge < -0.3 is 0 Å². The maximum Gasteiger partial charge on any atom is 0.271 e. The molecule has 4 rings (SSSR count). The summed E-state index contributed by atoms with van der Waals surface area (Å²) in [5.74, 6) is 0. The first-order valence-corrected chi connectivity index (χ1v) is 6.90. The summed E-state index contributed by atoms with van der Waals surface area (Å²) in [6.07, 6.45) is 5.32. The second kappa shape index (κ2) is 4.96. The maximum absolute atomic E-state index is 12.1. The Balaban J connectivity index is 1.86. The fraction of sp³-hybridized carbons (Fsp3) is 0. The van der Waals surface area contributed by atoms with Crippen molar-refractivity contribution >= 4 is 23.6 Å². The lowest BCUT2D eigenvalue weighted by atomic mass is 10.0. The van der Waals surface area contributed by atoms with Gasteiger partial charge in [0.05, 0.1) is 22.6 Å². The van der Waals surface area contributed by atoms with Crippen LogP contribution in [0.15, 0.2) is 58.4 Å². The largest absolute Gasteiger partial charge is 0.295 e. The van der Waals surface area contributed by atoms with Crippen LogP contribution in [0.2, 0.25) is 0 Å². The minimum atomic E-state index is -0.175. The third-order valence-electron chi connectivity index (χ3n) is 3.59. The number of hydrogen-bond donors (Lipinski definition) is 2. The summed E-state index contributed by atoms with van der Waals surface area (Å²) in [7, 11) is 0. The highest BCUT2D eigenvalue weighted by Gasteiger charge is 2.15. The predicted octanol–water partition coefficient (Wildman–Crippen LogP) is 3.02. The summed E-state index contributed by atoms with van der Waals surface area (Å²) in [5, 5.41) is 5.52. The average molecular weight is 288 g/mol. The minimum absolute atomic E-state index is 0.175. The van der Waals surface area contributed by atoms with Crippen molar-refractivity contribution < 1.29 is 0 Å². The number of hydrogen-bond acceptors (Lipinski definition) is 3. The van der Waals surface area contributed by atoms with Crippen molar-refractivity contribution in [3.05, 3.63) is 70.1 Å². The number of nitrogens with one attached hydrogen (secondary N) is 2. The van der Waals surface area contributed by atoms with E-state index in [2.05, 4.69) is 20.2 Å². The number of rotatable bonds is 2. The number of H-pyrrole nitrogens is 2. The van der Waals surface area contributed by atoms with Crippen LogP contribution in [-0.4, -0.2) is 21.4 Å². The smallest absolute Gasteiger partial charge is 0.271 e. The summed E-state index contributed by atoms with van der Waals surface area (Å²) in [6, 6.07) is 13.4. The van der Waals surface area contributed by atoms with Crippen molar-refractivity contribution in [1.29, 1.82) is 0 Å². The molecule has 0 spiro atoms. The Morgan fingerprint density at radius 1 is 1.00 bits per heavy atom. The Labute approximate surface area is 126 Å². The number of fused-ring (bicyclic) bond motifs is 1. The van der Waals surface area contributed by atoms with Gasteiger partial charge in [-0.2, -0.15) is 0 Å². The van der Waals surface area contributed by atoms with Crippen LogP contribution in [0.3, 0.4) is 0 Å². The van der Waals surface area contributed by atoms with Crippen LogP contribution in [0.5, 0.6) is 0 Å². The third kappa shape index (κ3) is 2.00. The van der Waals surface area contributed by atoms with E-state index in [1.54, 1.807) is 12.4 Å². The van der Waals surface area contributed by atoms with Gasteiger partial charge in [0.1, 0.15) is 0 Å². The van der Waals surface area contributed by atoms with Crippen molar-refractivity contribution in [1.82, 2.24) is 15.2 Å². The molecule has 0 saturated heterocycles. The highest BCUT2D eigenvalue weighted by Crippen LogP contribution is 2.32. The molecule has 0 atom stereocenters. The molecule has 5 heteroatoms. The van der Waals surface area contributed by atoms with E-state index in [-0.39, 0.29) is 5.56 Å². The monoisotopic (exact) mass is 288 g/mol. The van der Waals surface area contributed by atoms with Crippen LogP contribution < -0.4 is 5.56 Å². The first kappa shape index (κ1) is 12.5. The van der Waals surface area contributed by atoms with E-state index in [1.807, 2.05) is 48.5 Å². The van der Waals surface area contributed by atoms with Crippen molar-refractivity contribution in [2.75, 3.05) is 0 Å². The Hall–Kier alpha value is -3.21. The van der Waals surface area contributed by atoms with E-state index in [4.69, 9.17) is 0 Å². The molecule has 2 N–H and O–H groups in total. The fourth-order valence-electron chi connectivity index (χ4n) is 2.53. The zero-order valence-corrected chi connectivity index (χ0v) is 11.6. The average Bonchev–Trinajstić information content (AvgIpc) is 3.14. The molecule has 0 saturated carbocycles. The molecule has 0 amide bonds. The second-order valence-corrected chi connectivity index (χ2v) is 4.96. The zero-order chi connectivity index (χ0) is 14.9. The van der Waals surface area contributed by atoms with Gasteiger partial charge in [-0.05, 0) is 24.3 Å². The number of pyridine rings is 1. The molecule has 5 nitrogen and oxygen atoms in total. The summed E-state index contributed by atoms with van der Waals surface area (Å²) in [4.78, 5) is 20.8. The normalized spacial score (nSPS) is 14.5. The molecule has 3 aromatic rings. The molecular weight excluding hydrogens is 276 g/mol. The molecule has 106 valence electrons. The Morgan fingerprint density at radius 2 is 1.86 bits per heavy atom. The van der Waals surface area contributed by atoms with Crippen LogP contribution in [0.25, 0.3) is 23.0 Å². The van der Waals surface area contributed by atoms with Gasteiger partial charge in [0.25, 0.3) is 5.56 Å². The van der Waals surface area contributed by atoms with Crippen molar-refractivity contribution in [2.45, 2.75) is 0 Å². The van der Waals surface area contributed by atoms with Gasteiger partial charge in [-0.15, -0.1) is 0 Å². The number of benzene rings is 1. The molecule has 0 fully saturated rings. The molecule has 0 radical (unpaired) electrons. The number of nitrogens with zero attached hydrogens (tertiary/aromatic N) is 2. The first-order chi connectivity index (χ1) is 10.8. The van der Waals surface area contributed by atoms with Crippen molar-refractivity contribution in [3.63, 3.8) is 0 Å². The number of aliphatic imine (C=N–C) groups is 1. The van der Waals surface area contributed by atoms with E-state index >= 15 is 0 Å². The molecule has 2 aromatic heterocycles. The molecule has 0 aliphatic carbocycles. The van der Waals surface area contributed by atoms with E-state index < -0.39 is 0 Å². The Bertz CT molecular complexity index is 948. The topological polar surface area (TPSA) is 73.9 Å². The summed E-state index contributed by atoms with van der Waals surface area (Å²) >= 11 is 0. The lowest BCUT2D eigenvalue weighted by Gasteiger charge is -2.00. The molecular formula is C17H12N4O. The molecule has 1 aromatic carbocycles. The van der Waals surface area contributed by atoms with Crippen LogP contribution in [0.4, 0.5) is 5.69 Å². The quantitative estimate of drug-likeness (QED) is 0.760. The number of para-hydroxylation sites is 1. The van der Waals surface area contributed by atoms with Crippen molar-refractivity contribution in [3.8, 4) is 11.4 Å². The van der Waals surface area contributed by atoms with Gasteiger partial charge in [0.15, 0.2) is 0 Å². The molecule has 0 bridgehead atoms. The van der Waals surface area contributed by atoms with Gasteiger partial charge in [0, 0.05) is 23.5 Å².